The van der Waals surface area contributed by atoms with Gasteiger partial charge >= 0.3 is 0 Å². The average molecular weight is 631 g/mol. The topological polar surface area (TPSA) is 52.0 Å². The molecule has 4 rings (SSSR count). The van der Waals surface area contributed by atoms with Crippen molar-refractivity contribution >= 4 is 11.4 Å². The van der Waals surface area contributed by atoms with Crippen LogP contribution >= 0.6 is 0 Å². The molecular weight excluding hydrogens is 569 g/mol. The second-order valence-corrected chi connectivity index (χ2v) is 14.3. The zero-order valence-corrected chi connectivity index (χ0v) is 30.1. The van der Waals surface area contributed by atoms with E-state index in [4.69, 9.17) is 11.5 Å². The number of benzene rings is 4. The lowest BCUT2D eigenvalue weighted by Gasteiger charge is -2.13. The summed E-state index contributed by atoms with van der Waals surface area (Å²) in [6, 6.07) is 26.3. The van der Waals surface area contributed by atoms with Gasteiger partial charge in [0.15, 0.2) is 0 Å². The summed E-state index contributed by atoms with van der Waals surface area (Å²) in [5.74, 6) is 0. The third kappa shape index (κ3) is 12.5. The van der Waals surface area contributed by atoms with Crippen molar-refractivity contribution in [3.8, 4) is 0 Å². The van der Waals surface area contributed by atoms with Gasteiger partial charge in [0, 0.05) is 11.4 Å². The van der Waals surface area contributed by atoms with Crippen LogP contribution in [0.1, 0.15) is 139 Å². The van der Waals surface area contributed by atoms with Crippen LogP contribution in [0.3, 0.4) is 0 Å². The number of rotatable bonds is 20. The van der Waals surface area contributed by atoms with E-state index in [1.165, 1.54) is 152 Å². The fourth-order valence-corrected chi connectivity index (χ4v) is 7.29. The molecule has 0 aliphatic carbocycles. The summed E-state index contributed by atoms with van der Waals surface area (Å²) >= 11 is 0. The van der Waals surface area contributed by atoms with E-state index in [0.717, 1.165) is 24.2 Å². The Labute approximate surface area is 287 Å². The summed E-state index contributed by atoms with van der Waals surface area (Å²) in [7, 11) is 0. The smallest absolute Gasteiger partial charge is 0.0314 e. The van der Waals surface area contributed by atoms with Crippen LogP contribution in [0.15, 0.2) is 72.8 Å². The molecule has 4 N–H and O–H groups in total. The van der Waals surface area contributed by atoms with E-state index in [9.17, 15) is 0 Å². The molecule has 0 saturated heterocycles. The second kappa shape index (κ2) is 19.3. The van der Waals surface area contributed by atoms with Crippen LogP contribution in [-0.2, 0) is 25.7 Å². The van der Waals surface area contributed by atoms with Crippen LogP contribution in [0.2, 0.25) is 0 Å². The Morgan fingerprint density at radius 3 is 0.872 bits per heavy atom. The Hall–Kier alpha value is -3.52. The summed E-state index contributed by atoms with van der Waals surface area (Å²) in [6.45, 7) is 9.10. The van der Waals surface area contributed by atoms with Crippen LogP contribution in [0, 0.1) is 27.7 Å². The fraction of sp³-hybridized carbons (Fsp3) is 0.467. The normalized spacial score (nSPS) is 11.3. The lowest BCUT2D eigenvalue weighted by atomic mass is 9.92. The van der Waals surface area contributed by atoms with Crippen molar-refractivity contribution in [2.24, 2.45) is 0 Å². The van der Waals surface area contributed by atoms with Crippen LogP contribution < -0.4 is 11.5 Å². The molecule has 0 spiro atoms. The van der Waals surface area contributed by atoms with Crippen LogP contribution in [0.5, 0.6) is 0 Å². The minimum Gasteiger partial charge on any atom is -0.399 e. The van der Waals surface area contributed by atoms with E-state index >= 15 is 0 Å². The number of anilines is 2. The van der Waals surface area contributed by atoms with Crippen molar-refractivity contribution in [2.75, 3.05) is 11.5 Å². The minimum absolute atomic E-state index is 0.834. The SMILES string of the molecule is Cc1cc(CCCCCCCCCCCCCCCc2cc(C)c(Cc3ccc(N)cc3)c(C)c2)cc(C)c1Cc1ccc(N)cc1. The van der Waals surface area contributed by atoms with E-state index in [-0.39, 0.29) is 0 Å². The molecule has 2 nitrogen and oxygen atoms in total. The molecule has 0 radical (unpaired) electrons. The molecule has 0 amide bonds. The quantitative estimate of drug-likeness (QED) is 0.0754. The largest absolute Gasteiger partial charge is 0.399 e. The highest BCUT2D eigenvalue weighted by Gasteiger charge is 2.08. The van der Waals surface area contributed by atoms with Gasteiger partial charge in [0.05, 0.1) is 0 Å². The molecule has 4 aromatic carbocycles. The van der Waals surface area contributed by atoms with Crippen LogP contribution in [-0.4, -0.2) is 0 Å². The molecular formula is C45H62N2. The first-order valence-electron chi connectivity index (χ1n) is 18.7. The number of aryl methyl sites for hydroxylation is 6. The Bertz CT molecular complexity index is 1340. The van der Waals surface area contributed by atoms with Gasteiger partial charge in [-0.3, -0.25) is 0 Å². The first-order chi connectivity index (χ1) is 22.8. The summed E-state index contributed by atoms with van der Waals surface area (Å²) < 4.78 is 0. The van der Waals surface area contributed by atoms with Gasteiger partial charge in [0.1, 0.15) is 0 Å². The maximum atomic E-state index is 5.86. The van der Waals surface area contributed by atoms with Crippen LogP contribution in [0.25, 0.3) is 0 Å². The Kier molecular flexibility index (Phi) is 14.9. The number of unbranched alkanes of at least 4 members (excludes halogenated alkanes) is 12. The van der Waals surface area contributed by atoms with Gasteiger partial charge in [-0.05, 0) is 146 Å². The Balaban J connectivity index is 0.978. The van der Waals surface area contributed by atoms with Crippen molar-refractivity contribution < 1.29 is 0 Å². The molecule has 0 aliphatic heterocycles. The number of nitrogens with two attached hydrogens (primary N) is 2. The minimum atomic E-state index is 0.834. The van der Waals surface area contributed by atoms with E-state index in [1.807, 2.05) is 24.3 Å². The number of hydrogen-bond donors (Lipinski definition) is 2. The lowest BCUT2D eigenvalue weighted by molar-refractivity contribution is 0.536. The first kappa shape index (κ1) is 36.3. The van der Waals surface area contributed by atoms with Gasteiger partial charge in [-0.25, -0.2) is 0 Å². The summed E-state index contributed by atoms with van der Waals surface area (Å²) in [4.78, 5) is 0. The van der Waals surface area contributed by atoms with Crippen molar-refractivity contribution in [1.29, 1.82) is 0 Å². The predicted octanol–water partition coefficient (Wildman–Crippen LogP) is 12.1. The van der Waals surface area contributed by atoms with E-state index in [0.29, 0.717) is 0 Å². The van der Waals surface area contributed by atoms with E-state index in [1.54, 1.807) is 0 Å². The molecule has 0 aromatic heterocycles. The third-order valence-electron chi connectivity index (χ3n) is 10.2. The van der Waals surface area contributed by atoms with Gasteiger partial charge in [0.2, 0.25) is 0 Å². The second-order valence-electron chi connectivity index (χ2n) is 14.3. The van der Waals surface area contributed by atoms with Crippen molar-refractivity contribution in [1.82, 2.24) is 0 Å². The van der Waals surface area contributed by atoms with E-state index in [2.05, 4.69) is 76.2 Å². The molecule has 0 saturated carbocycles. The molecule has 0 heterocycles. The molecule has 0 unspecified atom stereocenters. The zero-order valence-electron chi connectivity index (χ0n) is 30.1. The molecule has 0 bridgehead atoms. The summed E-state index contributed by atoms with van der Waals surface area (Å²) in [5.41, 5.74) is 27.7. The molecule has 0 fully saturated rings. The highest BCUT2D eigenvalue weighted by atomic mass is 14.5. The van der Waals surface area contributed by atoms with Gasteiger partial charge in [-0.1, -0.05) is 119 Å². The van der Waals surface area contributed by atoms with Gasteiger partial charge < -0.3 is 11.5 Å². The number of nitrogen functional groups attached to an aromatic ring is 2. The van der Waals surface area contributed by atoms with Crippen molar-refractivity contribution in [3.05, 3.63) is 128 Å². The maximum absolute atomic E-state index is 5.86. The van der Waals surface area contributed by atoms with Crippen LogP contribution in [0.4, 0.5) is 11.4 Å². The fourth-order valence-electron chi connectivity index (χ4n) is 7.29. The molecule has 0 atom stereocenters. The lowest BCUT2D eigenvalue weighted by Crippen LogP contribution is -1.99. The first-order valence-corrected chi connectivity index (χ1v) is 18.7. The highest BCUT2D eigenvalue weighted by molar-refractivity contribution is 5.46. The Morgan fingerprint density at radius 2 is 0.596 bits per heavy atom. The highest BCUT2D eigenvalue weighted by Crippen LogP contribution is 2.24. The van der Waals surface area contributed by atoms with Crippen molar-refractivity contribution in [3.63, 3.8) is 0 Å². The Morgan fingerprint density at radius 1 is 0.340 bits per heavy atom. The molecule has 252 valence electrons. The molecule has 47 heavy (non-hydrogen) atoms. The summed E-state index contributed by atoms with van der Waals surface area (Å²) in [5, 5.41) is 0. The average Bonchev–Trinajstić information content (AvgIpc) is 3.04. The predicted molar refractivity (Wildman–Crippen MR) is 207 cm³/mol. The molecule has 2 heteroatoms. The van der Waals surface area contributed by atoms with Gasteiger partial charge in [-0.15, -0.1) is 0 Å². The van der Waals surface area contributed by atoms with Crippen molar-refractivity contribution in [2.45, 2.75) is 137 Å². The summed E-state index contributed by atoms with van der Waals surface area (Å²) in [6.07, 6.45) is 22.4. The number of hydrogen-bond acceptors (Lipinski definition) is 2. The standard InChI is InChI=1S/C45H62N2/c1-34-28-40(29-35(2)44(34)32-38-20-24-42(46)25-21-38)18-16-14-12-10-8-6-5-7-9-11-13-15-17-19-41-30-36(3)45(37(4)31-41)33-39-22-26-43(47)27-23-39/h20-31H,5-19,32-33,46-47H2,1-4H3. The third-order valence-corrected chi connectivity index (χ3v) is 10.2. The van der Waals surface area contributed by atoms with Gasteiger partial charge in [-0.2, -0.15) is 0 Å². The van der Waals surface area contributed by atoms with E-state index < -0.39 is 0 Å². The monoisotopic (exact) mass is 630 g/mol. The maximum Gasteiger partial charge on any atom is 0.0314 e. The molecule has 4 aromatic rings. The molecule has 0 aliphatic rings. The zero-order chi connectivity index (χ0) is 33.4. The van der Waals surface area contributed by atoms with Gasteiger partial charge in [0.25, 0.3) is 0 Å².